The molecule has 1 aromatic carbocycles. The van der Waals surface area contributed by atoms with Gasteiger partial charge in [-0.2, -0.15) is 0 Å². The Hall–Kier alpha value is -1.86. The van der Waals surface area contributed by atoms with Gasteiger partial charge in [0.15, 0.2) is 0 Å². The molecular formula is C23H30S. The molecule has 2 rings (SSSR count). The molecule has 1 heterocycles. The van der Waals surface area contributed by atoms with Gasteiger partial charge in [0.2, 0.25) is 0 Å². The normalized spacial score (nSPS) is 12.9. The van der Waals surface area contributed by atoms with Gasteiger partial charge in [0.1, 0.15) is 0 Å². The van der Waals surface area contributed by atoms with Crippen LogP contribution in [0.4, 0.5) is 0 Å². The molecule has 0 aliphatic heterocycles. The predicted octanol–water partition coefficient (Wildman–Crippen LogP) is 8.02. The van der Waals surface area contributed by atoms with Crippen LogP contribution in [0.5, 0.6) is 0 Å². The lowest BCUT2D eigenvalue weighted by atomic mass is 10.2. The van der Waals surface area contributed by atoms with Crippen molar-refractivity contribution < 1.29 is 0 Å². The molecule has 1 aromatic heterocycles. The van der Waals surface area contributed by atoms with E-state index in [4.69, 9.17) is 0 Å². The van der Waals surface area contributed by atoms with Crippen LogP contribution in [-0.4, -0.2) is 0 Å². The topological polar surface area (TPSA) is 0 Å². The van der Waals surface area contributed by atoms with Gasteiger partial charge < -0.3 is 0 Å². The van der Waals surface area contributed by atoms with Crippen LogP contribution in [0.1, 0.15) is 46.1 Å². The summed E-state index contributed by atoms with van der Waals surface area (Å²) in [6.07, 6.45) is 15.1. The lowest BCUT2D eigenvalue weighted by Crippen LogP contribution is -1.68. The van der Waals surface area contributed by atoms with Crippen molar-refractivity contribution in [1.29, 1.82) is 0 Å². The third-order valence-electron chi connectivity index (χ3n) is 3.86. The molecule has 0 aliphatic rings. The third kappa shape index (κ3) is 7.61. The Kier molecular flexibility index (Phi) is 9.79. The highest BCUT2D eigenvalue weighted by Gasteiger charge is 1.95. The average Bonchev–Trinajstić information content (AvgIpc) is 2.99. The number of rotatable bonds is 5. The Labute approximate surface area is 151 Å². The summed E-state index contributed by atoms with van der Waals surface area (Å²) in [4.78, 5) is 0. The second-order valence-corrected chi connectivity index (χ2v) is 6.79. The number of aryl methyl sites for hydroxylation is 1. The van der Waals surface area contributed by atoms with Crippen molar-refractivity contribution in [1.82, 2.24) is 0 Å². The minimum absolute atomic E-state index is 1.01. The molecule has 0 N–H and O–H groups in total. The summed E-state index contributed by atoms with van der Waals surface area (Å²) in [7, 11) is 0. The molecule has 0 saturated heterocycles. The van der Waals surface area contributed by atoms with Gasteiger partial charge >= 0.3 is 0 Å². The Morgan fingerprint density at radius 3 is 2.54 bits per heavy atom. The maximum Gasteiger partial charge on any atom is 0.0345 e. The van der Waals surface area contributed by atoms with E-state index in [9.17, 15) is 0 Å². The quantitative estimate of drug-likeness (QED) is 0.484. The molecule has 0 radical (unpaired) electrons. The van der Waals surface area contributed by atoms with Crippen LogP contribution < -0.4 is 0 Å². The summed E-state index contributed by atoms with van der Waals surface area (Å²) in [6, 6.07) is 8.49. The summed E-state index contributed by atoms with van der Waals surface area (Å²) < 4.78 is 1.39. The van der Waals surface area contributed by atoms with E-state index in [0.717, 1.165) is 12.8 Å². The minimum Gasteiger partial charge on any atom is -0.144 e. The number of thiophene rings is 1. The highest BCUT2D eigenvalue weighted by Crippen LogP contribution is 2.24. The van der Waals surface area contributed by atoms with Crippen molar-refractivity contribution in [3.05, 3.63) is 82.8 Å². The van der Waals surface area contributed by atoms with Crippen molar-refractivity contribution in [2.24, 2.45) is 0 Å². The monoisotopic (exact) mass is 338 g/mol. The van der Waals surface area contributed by atoms with Gasteiger partial charge in [-0.05, 0) is 62.9 Å². The Balaban J connectivity index is 0.000000250. The van der Waals surface area contributed by atoms with E-state index < -0.39 is 0 Å². The van der Waals surface area contributed by atoms with Gasteiger partial charge in [0.25, 0.3) is 0 Å². The number of hydrogen-bond acceptors (Lipinski definition) is 1. The van der Waals surface area contributed by atoms with Gasteiger partial charge in [-0.3, -0.25) is 0 Å². The second kappa shape index (κ2) is 11.6. The van der Waals surface area contributed by atoms with Crippen LogP contribution in [0.3, 0.4) is 0 Å². The maximum atomic E-state index is 2.20. The first-order valence-corrected chi connectivity index (χ1v) is 9.51. The molecule has 0 bridgehead atoms. The van der Waals surface area contributed by atoms with E-state index in [0.29, 0.717) is 0 Å². The zero-order valence-electron chi connectivity index (χ0n) is 15.7. The van der Waals surface area contributed by atoms with Crippen LogP contribution >= 0.6 is 11.3 Å². The molecule has 2 aromatic rings. The lowest BCUT2D eigenvalue weighted by Gasteiger charge is -1.89. The summed E-state index contributed by atoms with van der Waals surface area (Å²) in [6.45, 7) is 10.7. The first-order valence-electron chi connectivity index (χ1n) is 8.63. The van der Waals surface area contributed by atoms with Crippen molar-refractivity contribution in [2.45, 2.75) is 47.5 Å². The molecule has 0 nitrogen and oxygen atoms in total. The van der Waals surface area contributed by atoms with E-state index in [-0.39, 0.29) is 0 Å². The second-order valence-electron chi connectivity index (χ2n) is 5.88. The van der Waals surface area contributed by atoms with Crippen molar-refractivity contribution >= 4 is 21.4 Å². The Morgan fingerprint density at radius 2 is 1.88 bits per heavy atom. The predicted molar refractivity (Wildman–Crippen MR) is 113 cm³/mol. The summed E-state index contributed by atoms with van der Waals surface area (Å²) >= 11 is 1.81. The Morgan fingerprint density at radius 1 is 1.12 bits per heavy atom. The highest BCUT2D eigenvalue weighted by atomic mass is 32.1. The van der Waals surface area contributed by atoms with Crippen LogP contribution in [-0.2, 0) is 0 Å². The number of hydrogen-bond donors (Lipinski definition) is 0. The maximum absolute atomic E-state index is 2.20. The fourth-order valence-electron chi connectivity index (χ4n) is 1.97. The zero-order valence-corrected chi connectivity index (χ0v) is 16.5. The molecule has 0 atom stereocenters. The van der Waals surface area contributed by atoms with Crippen LogP contribution in [0, 0.1) is 6.92 Å². The molecule has 0 unspecified atom stereocenters. The van der Waals surface area contributed by atoms with Crippen molar-refractivity contribution in [3.8, 4) is 0 Å². The number of fused-ring (bicyclic) bond motifs is 1. The summed E-state index contributed by atoms with van der Waals surface area (Å²) in [5.74, 6) is 0. The molecular weight excluding hydrogens is 308 g/mol. The van der Waals surface area contributed by atoms with E-state index in [1.165, 1.54) is 26.8 Å². The van der Waals surface area contributed by atoms with Crippen LogP contribution in [0.2, 0.25) is 0 Å². The fourth-order valence-corrected chi connectivity index (χ4v) is 2.91. The van der Waals surface area contributed by atoms with Crippen molar-refractivity contribution in [3.63, 3.8) is 0 Å². The van der Waals surface area contributed by atoms with Crippen molar-refractivity contribution in [2.75, 3.05) is 0 Å². The largest absolute Gasteiger partial charge is 0.144 e. The zero-order chi connectivity index (χ0) is 17.8. The minimum atomic E-state index is 1.01. The first kappa shape index (κ1) is 20.2. The lowest BCUT2D eigenvalue weighted by molar-refractivity contribution is 1.10. The number of benzene rings is 1. The summed E-state index contributed by atoms with van der Waals surface area (Å²) in [5.41, 5.74) is 4.13. The molecule has 1 heteroatoms. The molecule has 0 aliphatic carbocycles. The van der Waals surface area contributed by atoms with Gasteiger partial charge in [-0.25, -0.2) is 0 Å². The van der Waals surface area contributed by atoms with Crippen LogP contribution in [0.25, 0.3) is 10.1 Å². The molecule has 0 spiro atoms. The summed E-state index contributed by atoms with van der Waals surface area (Å²) in [5, 5.41) is 3.59. The molecule has 0 fully saturated rings. The first-order chi connectivity index (χ1) is 11.6. The van der Waals surface area contributed by atoms with E-state index in [1.807, 2.05) is 11.3 Å². The smallest absolute Gasteiger partial charge is 0.0345 e. The molecule has 24 heavy (non-hydrogen) atoms. The van der Waals surface area contributed by atoms with Gasteiger partial charge in [0, 0.05) is 4.70 Å². The highest BCUT2D eigenvalue weighted by molar-refractivity contribution is 7.17. The van der Waals surface area contributed by atoms with E-state index in [2.05, 4.69) is 101 Å². The van der Waals surface area contributed by atoms with Gasteiger partial charge in [-0.15, -0.1) is 11.3 Å². The molecule has 0 saturated carbocycles. The Bertz CT molecular complexity index is 723. The van der Waals surface area contributed by atoms with Gasteiger partial charge in [-0.1, -0.05) is 72.7 Å². The van der Waals surface area contributed by atoms with Gasteiger partial charge in [0.05, 0.1) is 0 Å². The molecule has 0 amide bonds. The molecule has 128 valence electrons. The van der Waals surface area contributed by atoms with Crippen LogP contribution in [0.15, 0.2) is 77.2 Å². The van der Waals surface area contributed by atoms with E-state index >= 15 is 0 Å². The SMILES string of the molecule is C/C=C(C)/C=C\C/C=C\C=C(/C)CC.Cc1csc2ccccc12. The number of allylic oxidation sites excluding steroid dienone is 8. The fraction of sp³-hybridized carbons (Fsp3) is 0.304. The van der Waals surface area contributed by atoms with E-state index in [1.54, 1.807) is 0 Å². The standard InChI is InChI=1S/C14H22.C9H8S/c1-5-13(3)11-9-7-8-10-12-14(4)6-2;1-7-6-10-9-5-3-2-4-8(7)9/h5,8-12H,6-7H2,1-4H3;2-6H,1H3/b10-8-,11-9-,13-5+,14-12+;. The average molecular weight is 339 g/mol. The third-order valence-corrected chi connectivity index (χ3v) is 4.94.